The molecule has 0 aliphatic carbocycles. The molecule has 178 valence electrons. The van der Waals surface area contributed by atoms with Crippen molar-refractivity contribution in [1.29, 1.82) is 0 Å². The molecule has 0 aliphatic heterocycles. The predicted octanol–water partition coefficient (Wildman–Crippen LogP) is 2.74. The van der Waals surface area contributed by atoms with Gasteiger partial charge in [0.1, 0.15) is 12.6 Å². The third-order valence-corrected chi connectivity index (χ3v) is 5.58. The minimum absolute atomic E-state index is 0.179. The van der Waals surface area contributed by atoms with Gasteiger partial charge in [-0.15, -0.1) is 10.2 Å². The molecule has 6 nitrogen and oxygen atoms in total. The van der Waals surface area contributed by atoms with Gasteiger partial charge in [-0.3, -0.25) is 0 Å². The molecule has 0 aromatic carbocycles. The molecule has 0 bridgehead atoms. The Morgan fingerprint density at radius 1 is 0.621 bits per heavy atom. The van der Waals surface area contributed by atoms with Crippen LogP contribution < -0.4 is 18.6 Å². The van der Waals surface area contributed by atoms with Gasteiger partial charge in [0, 0.05) is 0 Å². The lowest BCUT2D eigenvalue weighted by molar-refractivity contribution is -2.00. The summed E-state index contributed by atoms with van der Waals surface area (Å²) in [5.74, 6) is 0. The van der Waals surface area contributed by atoms with Crippen molar-refractivity contribution in [3.63, 3.8) is 0 Å². The van der Waals surface area contributed by atoms with E-state index >= 15 is 0 Å². The number of unbranched alkanes of at least 4 members (excludes halogenated alkanes) is 15. The number of rotatable bonds is 18. The average Bonchev–Trinajstić information content (AvgIpc) is 2.59. The van der Waals surface area contributed by atoms with Crippen LogP contribution in [0.5, 0.6) is 0 Å². The summed E-state index contributed by atoms with van der Waals surface area (Å²) in [5, 5.41) is 10.1. The lowest BCUT2D eigenvalue weighted by atomic mass is 10.0. The van der Waals surface area contributed by atoms with Gasteiger partial charge < -0.3 is 0 Å². The van der Waals surface area contributed by atoms with Gasteiger partial charge in [0.15, 0.2) is 0 Å². The van der Waals surface area contributed by atoms with E-state index in [1.165, 1.54) is 96.3 Å². The zero-order valence-corrected chi connectivity index (χ0v) is 20.3. The van der Waals surface area contributed by atoms with Crippen LogP contribution in [0, 0.1) is 10.2 Å². The maximum Gasteiger partial charge on any atom is 0.113 e. The van der Waals surface area contributed by atoms with Crippen molar-refractivity contribution >= 4 is 0 Å². The van der Waals surface area contributed by atoms with Gasteiger partial charge in [0.25, 0.3) is 0 Å². The highest BCUT2D eigenvalue weighted by Gasteiger charge is 2.22. The Kier molecular flexibility index (Phi) is 21.5. The van der Waals surface area contributed by atoms with Crippen molar-refractivity contribution in [1.82, 2.24) is 0 Å². The second kappa shape index (κ2) is 20.0. The summed E-state index contributed by atoms with van der Waals surface area (Å²) in [5.41, 5.74) is 0. The SMILES string of the molecule is CCCCCCCCCCCCCCCCCC[N+](C)(O)C(C)C.[O-][Cl+3]([O-])([O-])[O-]. The molecule has 0 spiro atoms. The molecule has 1 unspecified atom stereocenters. The van der Waals surface area contributed by atoms with Crippen LogP contribution in [0.25, 0.3) is 0 Å². The fourth-order valence-corrected chi connectivity index (χ4v) is 3.24. The van der Waals surface area contributed by atoms with Gasteiger partial charge in [-0.2, -0.15) is 4.65 Å². The molecule has 7 heteroatoms. The molecule has 1 atom stereocenters. The van der Waals surface area contributed by atoms with Crippen LogP contribution >= 0.6 is 0 Å². The van der Waals surface area contributed by atoms with Crippen molar-refractivity contribution in [2.45, 2.75) is 130 Å². The molecule has 1 N–H and O–H groups in total. The van der Waals surface area contributed by atoms with Crippen LogP contribution in [0.15, 0.2) is 0 Å². The number of quaternary nitrogens is 1. The Bertz CT molecular complexity index is 330. The van der Waals surface area contributed by atoms with Gasteiger partial charge >= 0.3 is 0 Å². The van der Waals surface area contributed by atoms with E-state index in [2.05, 4.69) is 20.8 Å². The van der Waals surface area contributed by atoms with E-state index in [0.29, 0.717) is 6.04 Å². The van der Waals surface area contributed by atoms with Crippen molar-refractivity contribution in [3.05, 3.63) is 0 Å². The highest BCUT2D eigenvalue weighted by atomic mass is 35.7. The minimum Gasteiger partial charge on any atom is -0.222 e. The zero-order chi connectivity index (χ0) is 22.6. The lowest BCUT2D eigenvalue weighted by Crippen LogP contribution is -2.68. The van der Waals surface area contributed by atoms with Gasteiger partial charge in [0.05, 0.1) is 7.05 Å². The highest BCUT2D eigenvalue weighted by Crippen LogP contribution is 2.14. The standard InChI is InChI=1S/C22H48NO.ClHO4/c1-5-6-7-8-9-10-11-12-13-14-15-16-17-18-19-20-21-23(4,24)22(2)3;2-1(3,4)5/h22,24H,5-21H2,1-4H3;(H,2,3,4,5)/q+1;/p-1. The Balaban J connectivity index is 0. The van der Waals surface area contributed by atoms with Gasteiger partial charge in [-0.25, -0.2) is 23.8 Å². The first-order chi connectivity index (χ1) is 13.5. The molecule has 0 saturated heterocycles. The highest BCUT2D eigenvalue weighted by molar-refractivity contribution is 4.50. The van der Waals surface area contributed by atoms with E-state index in [4.69, 9.17) is 18.6 Å². The molecule has 0 saturated carbocycles. The van der Waals surface area contributed by atoms with Crippen molar-refractivity contribution < 1.29 is 38.7 Å². The summed E-state index contributed by atoms with van der Waals surface area (Å²) < 4.78 is 34.2. The zero-order valence-electron chi connectivity index (χ0n) is 19.5. The van der Waals surface area contributed by atoms with Gasteiger partial charge in [0.2, 0.25) is 0 Å². The summed E-state index contributed by atoms with van der Waals surface area (Å²) >= 11 is 0. The van der Waals surface area contributed by atoms with Gasteiger partial charge in [-0.1, -0.05) is 96.8 Å². The summed E-state index contributed by atoms with van der Waals surface area (Å²) in [6, 6.07) is 0.307. The molecule has 0 heterocycles. The Morgan fingerprint density at radius 3 is 1.10 bits per heavy atom. The maximum absolute atomic E-state index is 10.1. The Hall–Kier alpha value is 0.0500. The Morgan fingerprint density at radius 2 is 0.862 bits per heavy atom. The molecule has 0 radical (unpaired) electrons. The lowest BCUT2D eigenvalue weighted by Gasteiger charge is -2.29. The van der Waals surface area contributed by atoms with E-state index < -0.39 is 10.2 Å². The molecule has 0 aliphatic rings. The molecule has 0 rings (SSSR count). The third-order valence-electron chi connectivity index (χ3n) is 5.58. The molecule has 0 aromatic rings. The van der Waals surface area contributed by atoms with Crippen molar-refractivity contribution in [2.24, 2.45) is 0 Å². The summed E-state index contributed by atoms with van der Waals surface area (Å²) in [4.78, 5) is 0. The first-order valence-electron chi connectivity index (χ1n) is 11.7. The van der Waals surface area contributed by atoms with Gasteiger partial charge in [-0.05, 0) is 26.7 Å². The van der Waals surface area contributed by atoms with Crippen LogP contribution in [0.3, 0.4) is 0 Å². The quantitative estimate of drug-likeness (QED) is 0.199. The number of hydroxylamine groups is 3. The van der Waals surface area contributed by atoms with E-state index in [9.17, 15) is 5.21 Å². The van der Waals surface area contributed by atoms with Crippen LogP contribution in [-0.4, -0.2) is 29.5 Å². The molecule has 0 fully saturated rings. The second-order valence-corrected chi connectivity index (χ2v) is 9.47. The van der Waals surface area contributed by atoms with E-state index in [0.717, 1.165) is 13.0 Å². The number of hydrogen-bond acceptors (Lipinski definition) is 5. The molecular formula is C22H48ClNO5. The molecule has 29 heavy (non-hydrogen) atoms. The fourth-order valence-electron chi connectivity index (χ4n) is 3.24. The molecular weight excluding hydrogens is 394 g/mol. The average molecular weight is 442 g/mol. The van der Waals surface area contributed by atoms with Crippen LogP contribution in [-0.2, 0) is 0 Å². The van der Waals surface area contributed by atoms with Crippen molar-refractivity contribution in [2.75, 3.05) is 13.6 Å². The normalized spacial score (nSPS) is 13.9. The smallest absolute Gasteiger partial charge is 0.113 e. The minimum atomic E-state index is -4.94. The third kappa shape index (κ3) is 30.3. The predicted molar refractivity (Wildman–Crippen MR) is 108 cm³/mol. The first-order valence-corrected chi connectivity index (χ1v) is 12.9. The monoisotopic (exact) mass is 441 g/mol. The number of hydrogen-bond donors (Lipinski definition) is 1. The topological polar surface area (TPSA) is 112 Å². The summed E-state index contributed by atoms with van der Waals surface area (Å²) in [6.45, 7) is 7.37. The van der Waals surface area contributed by atoms with Crippen LogP contribution in [0.4, 0.5) is 0 Å². The summed E-state index contributed by atoms with van der Waals surface area (Å²) in [6.07, 6.45) is 22.4. The van der Waals surface area contributed by atoms with Crippen LogP contribution in [0.1, 0.15) is 124 Å². The molecule has 0 amide bonds. The summed E-state index contributed by atoms with van der Waals surface area (Å²) in [7, 11) is -3.02. The largest absolute Gasteiger partial charge is 0.222 e. The van der Waals surface area contributed by atoms with Crippen LogP contribution in [0.2, 0.25) is 0 Å². The van der Waals surface area contributed by atoms with E-state index in [1.807, 2.05) is 7.05 Å². The van der Waals surface area contributed by atoms with E-state index in [-0.39, 0.29) is 4.65 Å². The molecule has 0 aromatic heterocycles. The second-order valence-electron chi connectivity index (χ2n) is 8.71. The first kappa shape index (κ1) is 31.2. The number of nitrogens with zero attached hydrogens (tertiary/aromatic N) is 1. The van der Waals surface area contributed by atoms with Crippen molar-refractivity contribution in [3.8, 4) is 0 Å². The van der Waals surface area contributed by atoms with E-state index in [1.54, 1.807) is 0 Å². The Labute approximate surface area is 182 Å². The number of halogens is 1. The fraction of sp³-hybridized carbons (Fsp3) is 1.00. The maximum atomic E-state index is 10.1.